The lowest BCUT2D eigenvalue weighted by Gasteiger charge is -2.14. The lowest BCUT2D eigenvalue weighted by atomic mass is 10.1. The third-order valence-corrected chi connectivity index (χ3v) is 2.91. The van der Waals surface area contributed by atoms with Crippen LogP contribution in [0.3, 0.4) is 0 Å². The van der Waals surface area contributed by atoms with Crippen LogP contribution in [-0.4, -0.2) is 18.0 Å². The van der Waals surface area contributed by atoms with E-state index in [0.29, 0.717) is 10.6 Å². The first kappa shape index (κ1) is 10.5. The number of nitriles is 1. The summed E-state index contributed by atoms with van der Waals surface area (Å²) in [6, 6.07) is 7.70. The summed E-state index contributed by atoms with van der Waals surface area (Å²) < 4.78 is 0. The van der Waals surface area contributed by atoms with Gasteiger partial charge in [0.15, 0.2) is 0 Å². The maximum Gasteiger partial charge on any atom is 0.0992 e. The van der Waals surface area contributed by atoms with E-state index in [1.165, 1.54) is 12.8 Å². The highest BCUT2D eigenvalue weighted by atomic mass is 35.5. The van der Waals surface area contributed by atoms with E-state index in [1.54, 1.807) is 6.07 Å². The molecular formula is C12H13ClN2. The zero-order valence-electron chi connectivity index (χ0n) is 8.54. The predicted octanol–water partition coefficient (Wildman–Crippen LogP) is 2.81. The Morgan fingerprint density at radius 3 is 2.67 bits per heavy atom. The number of likely N-dealkylation sites (tertiary alicyclic amines) is 1. The second-order valence-corrected chi connectivity index (χ2v) is 4.38. The fraction of sp³-hybridized carbons (Fsp3) is 0.417. The van der Waals surface area contributed by atoms with Crippen LogP contribution in [0.2, 0.25) is 5.02 Å². The molecule has 1 saturated heterocycles. The molecule has 15 heavy (non-hydrogen) atoms. The molecule has 2 rings (SSSR count). The van der Waals surface area contributed by atoms with Crippen molar-refractivity contribution in [2.24, 2.45) is 0 Å². The van der Waals surface area contributed by atoms with Crippen molar-refractivity contribution in [3.8, 4) is 6.07 Å². The van der Waals surface area contributed by atoms with Crippen LogP contribution >= 0.6 is 11.6 Å². The van der Waals surface area contributed by atoms with Crippen molar-refractivity contribution in [2.45, 2.75) is 19.4 Å². The highest BCUT2D eigenvalue weighted by Crippen LogP contribution is 2.18. The number of hydrogen-bond donors (Lipinski definition) is 0. The smallest absolute Gasteiger partial charge is 0.0992 e. The Morgan fingerprint density at radius 2 is 2.00 bits per heavy atom. The second kappa shape index (κ2) is 4.65. The van der Waals surface area contributed by atoms with E-state index in [9.17, 15) is 0 Å². The molecule has 1 aliphatic rings. The van der Waals surface area contributed by atoms with Crippen LogP contribution < -0.4 is 0 Å². The van der Waals surface area contributed by atoms with Crippen LogP contribution in [-0.2, 0) is 6.54 Å². The van der Waals surface area contributed by atoms with Crippen molar-refractivity contribution in [3.05, 3.63) is 34.3 Å². The van der Waals surface area contributed by atoms with Crippen molar-refractivity contribution < 1.29 is 0 Å². The van der Waals surface area contributed by atoms with Crippen molar-refractivity contribution in [1.82, 2.24) is 4.90 Å². The highest BCUT2D eigenvalue weighted by Gasteiger charge is 2.12. The normalized spacial score (nSPS) is 16.5. The van der Waals surface area contributed by atoms with Crippen LogP contribution in [0.5, 0.6) is 0 Å². The van der Waals surface area contributed by atoms with Gasteiger partial charge in [0.05, 0.1) is 11.6 Å². The Morgan fingerprint density at radius 1 is 1.27 bits per heavy atom. The summed E-state index contributed by atoms with van der Waals surface area (Å²) in [5, 5.41) is 9.48. The van der Waals surface area contributed by atoms with Gasteiger partial charge in [-0.3, -0.25) is 4.90 Å². The molecule has 0 saturated carbocycles. The van der Waals surface area contributed by atoms with Crippen LogP contribution in [0.1, 0.15) is 24.0 Å². The summed E-state index contributed by atoms with van der Waals surface area (Å²) in [5.74, 6) is 0. The molecule has 78 valence electrons. The van der Waals surface area contributed by atoms with Gasteiger partial charge in [0.25, 0.3) is 0 Å². The van der Waals surface area contributed by atoms with Gasteiger partial charge in [-0.05, 0) is 49.7 Å². The first-order chi connectivity index (χ1) is 7.28. The monoisotopic (exact) mass is 220 g/mol. The van der Waals surface area contributed by atoms with Crippen molar-refractivity contribution in [3.63, 3.8) is 0 Å². The fourth-order valence-electron chi connectivity index (χ4n) is 2.01. The van der Waals surface area contributed by atoms with Crippen LogP contribution in [0.25, 0.3) is 0 Å². The number of rotatable bonds is 2. The Bertz CT molecular complexity index is 389. The number of halogens is 1. The van der Waals surface area contributed by atoms with Crippen LogP contribution in [0.15, 0.2) is 18.2 Å². The van der Waals surface area contributed by atoms with E-state index in [2.05, 4.69) is 11.0 Å². The summed E-state index contributed by atoms with van der Waals surface area (Å²) in [4.78, 5) is 2.40. The Balaban J connectivity index is 2.13. The summed E-state index contributed by atoms with van der Waals surface area (Å²) in [6.45, 7) is 3.23. The molecule has 1 aromatic carbocycles. The molecule has 0 N–H and O–H groups in total. The Labute approximate surface area is 95.1 Å². The Hall–Kier alpha value is -1.04. The molecule has 0 aromatic heterocycles. The number of hydrogen-bond acceptors (Lipinski definition) is 2. The summed E-state index contributed by atoms with van der Waals surface area (Å²) in [5.41, 5.74) is 1.79. The molecule has 0 radical (unpaired) electrons. The number of benzene rings is 1. The molecule has 1 heterocycles. The molecule has 0 atom stereocenters. The van der Waals surface area contributed by atoms with E-state index < -0.39 is 0 Å². The third kappa shape index (κ3) is 2.71. The molecule has 1 aromatic rings. The molecular weight excluding hydrogens is 208 g/mol. The lowest BCUT2D eigenvalue weighted by molar-refractivity contribution is 0.331. The average Bonchev–Trinajstić information content (AvgIpc) is 2.69. The van der Waals surface area contributed by atoms with Gasteiger partial charge in [-0.2, -0.15) is 5.26 Å². The van der Waals surface area contributed by atoms with E-state index in [4.69, 9.17) is 16.9 Å². The van der Waals surface area contributed by atoms with Gasteiger partial charge in [0.2, 0.25) is 0 Å². The van der Waals surface area contributed by atoms with Gasteiger partial charge in [0.1, 0.15) is 0 Å². The van der Waals surface area contributed by atoms with Gasteiger partial charge in [0, 0.05) is 11.6 Å². The lowest BCUT2D eigenvalue weighted by Crippen LogP contribution is -2.18. The summed E-state index contributed by atoms with van der Waals surface area (Å²) in [6.07, 6.45) is 2.57. The van der Waals surface area contributed by atoms with E-state index >= 15 is 0 Å². The average molecular weight is 221 g/mol. The zero-order valence-corrected chi connectivity index (χ0v) is 9.30. The molecule has 0 unspecified atom stereocenters. The zero-order chi connectivity index (χ0) is 10.7. The van der Waals surface area contributed by atoms with Gasteiger partial charge < -0.3 is 0 Å². The summed E-state index contributed by atoms with van der Waals surface area (Å²) >= 11 is 5.94. The van der Waals surface area contributed by atoms with Crippen molar-refractivity contribution in [2.75, 3.05) is 13.1 Å². The van der Waals surface area contributed by atoms with E-state index in [-0.39, 0.29) is 0 Å². The van der Waals surface area contributed by atoms with Gasteiger partial charge in [-0.15, -0.1) is 0 Å². The molecule has 0 spiro atoms. The second-order valence-electron chi connectivity index (χ2n) is 3.94. The largest absolute Gasteiger partial charge is 0.299 e. The predicted molar refractivity (Wildman–Crippen MR) is 60.7 cm³/mol. The molecule has 0 amide bonds. The first-order valence-corrected chi connectivity index (χ1v) is 5.57. The number of nitrogens with zero attached hydrogens (tertiary/aromatic N) is 2. The third-order valence-electron chi connectivity index (χ3n) is 2.69. The molecule has 2 nitrogen and oxygen atoms in total. The maximum absolute atomic E-state index is 8.83. The van der Waals surface area contributed by atoms with Crippen LogP contribution in [0, 0.1) is 11.3 Å². The minimum absolute atomic E-state index is 0.650. The van der Waals surface area contributed by atoms with Crippen LogP contribution in [0.4, 0.5) is 0 Å². The molecule has 0 bridgehead atoms. The maximum atomic E-state index is 8.83. The van der Waals surface area contributed by atoms with Gasteiger partial charge in [-0.25, -0.2) is 0 Å². The SMILES string of the molecule is N#Cc1cc(Cl)cc(CN2CCCC2)c1. The molecule has 0 aliphatic carbocycles. The van der Waals surface area contributed by atoms with Gasteiger partial charge >= 0.3 is 0 Å². The van der Waals surface area contributed by atoms with Crippen molar-refractivity contribution >= 4 is 11.6 Å². The molecule has 1 fully saturated rings. The minimum atomic E-state index is 0.650. The van der Waals surface area contributed by atoms with Gasteiger partial charge in [-0.1, -0.05) is 11.6 Å². The quantitative estimate of drug-likeness (QED) is 0.767. The summed E-state index contributed by atoms with van der Waals surface area (Å²) in [7, 11) is 0. The van der Waals surface area contributed by atoms with E-state index in [0.717, 1.165) is 25.2 Å². The standard InChI is InChI=1S/C12H13ClN2/c13-12-6-10(8-14)5-11(7-12)9-15-3-1-2-4-15/h5-7H,1-4,9H2. The fourth-order valence-corrected chi connectivity index (χ4v) is 2.26. The topological polar surface area (TPSA) is 27.0 Å². The Kier molecular flexibility index (Phi) is 3.25. The molecule has 3 heteroatoms. The first-order valence-electron chi connectivity index (χ1n) is 5.20. The minimum Gasteiger partial charge on any atom is -0.299 e. The molecule has 1 aliphatic heterocycles. The van der Waals surface area contributed by atoms with E-state index in [1.807, 2.05) is 12.1 Å². The highest BCUT2D eigenvalue weighted by molar-refractivity contribution is 6.30. The van der Waals surface area contributed by atoms with Crippen molar-refractivity contribution in [1.29, 1.82) is 5.26 Å².